The largest absolute Gasteiger partial charge is 1.00 e. The zero-order chi connectivity index (χ0) is 17.4. The topological polar surface area (TPSA) is 0 Å². The first-order valence-corrected chi connectivity index (χ1v) is 9.59. The maximum absolute atomic E-state index is 2.26. The van der Waals surface area contributed by atoms with Crippen molar-refractivity contribution >= 4 is 24.8 Å². The van der Waals surface area contributed by atoms with E-state index in [9.17, 15) is 0 Å². The predicted octanol–water partition coefficient (Wildman–Crippen LogP) is 0.433. The molecule has 0 aliphatic heterocycles. The van der Waals surface area contributed by atoms with E-state index in [0.717, 1.165) is 6.42 Å². The molecule has 0 radical (unpaired) electrons. The van der Waals surface area contributed by atoms with Crippen molar-refractivity contribution in [3.8, 4) is 0 Å². The van der Waals surface area contributed by atoms with Gasteiger partial charge >= 0.3 is 41.3 Å². The summed E-state index contributed by atoms with van der Waals surface area (Å²) in [5.74, 6) is 0. The molecule has 4 aromatic carbocycles. The maximum atomic E-state index is 2.26. The second-order valence-electron chi connectivity index (χ2n) is 6.00. The van der Waals surface area contributed by atoms with Crippen LogP contribution in [0.4, 0.5) is 0 Å². The summed E-state index contributed by atoms with van der Waals surface area (Å²) >= 11 is 1.55. The van der Waals surface area contributed by atoms with Gasteiger partial charge in [0.25, 0.3) is 0 Å². The Balaban J connectivity index is 0.000000381. The van der Waals surface area contributed by atoms with Gasteiger partial charge in [0.1, 0.15) is 0 Å². The Morgan fingerprint density at radius 3 is 1.92 bits per heavy atom. The van der Waals surface area contributed by atoms with Crippen molar-refractivity contribution in [2.75, 3.05) is 0 Å². The van der Waals surface area contributed by atoms with Crippen LogP contribution in [-0.2, 0) is 30.7 Å². The molecule has 0 aromatic heterocycles. The number of rotatable bonds is 1. The Morgan fingerprint density at radius 2 is 1.38 bits per heavy atom. The number of fused-ring (bicyclic) bond motifs is 2. The van der Waals surface area contributed by atoms with E-state index in [1.54, 1.807) is 24.2 Å². The summed E-state index contributed by atoms with van der Waals surface area (Å²) in [6.45, 7) is 6.44. The van der Waals surface area contributed by atoms with Crippen LogP contribution in [0.3, 0.4) is 0 Å². The van der Waals surface area contributed by atoms with Crippen LogP contribution in [0.5, 0.6) is 0 Å². The summed E-state index contributed by atoms with van der Waals surface area (Å²) in [5, 5.41) is 5.39. The molecule has 26 heavy (non-hydrogen) atoms. The van der Waals surface area contributed by atoms with Gasteiger partial charge in [-0.1, -0.05) is 19.1 Å². The maximum Gasteiger partial charge on any atom is -0.0809 e. The Bertz CT molecular complexity index is 835. The van der Waals surface area contributed by atoms with Crippen LogP contribution >= 0.6 is 0 Å². The summed E-state index contributed by atoms with van der Waals surface area (Å²) in [6.07, 6.45) is 1.13. The fourth-order valence-electron chi connectivity index (χ4n) is 2.49. The van der Waals surface area contributed by atoms with E-state index in [1.165, 1.54) is 30.3 Å². The van der Waals surface area contributed by atoms with E-state index in [2.05, 4.69) is 99.6 Å². The summed E-state index contributed by atoms with van der Waals surface area (Å²) < 4.78 is 1.51. The summed E-state index contributed by atoms with van der Waals surface area (Å²) in [7, 11) is 0. The first-order valence-electron chi connectivity index (χ1n) is 8.36. The second kappa shape index (κ2) is 13.2. The zero-order valence-electron chi connectivity index (χ0n) is 15.5. The molecule has 0 saturated carbocycles. The smallest absolute Gasteiger partial charge is 0.0809 e. The molecule has 0 heterocycles. The zero-order valence-corrected chi connectivity index (χ0v) is 19.4. The molecule has 0 N–H and O–H groups in total. The summed E-state index contributed by atoms with van der Waals surface area (Å²) in [5.41, 5.74) is 1.44. The molecule has 0 amide bonds. The Kier molecular flexibility index (Phi) is 12.7. The van der Waals surface area contributed by atoms with Gasteiger partial charge in [0, 0.05) is 0 Å². The Hall–Kier alpha value is -1.01. The molecule has 0 unspecified atom stereocenters. The van der Waals surface area contributed by atoms with Crippen LogP contribution < -0.4 is 24.8 Å². The van der Waals surface area contributed by atoms with E-state index in [-0.39, 0.29) is 24.8 Å². The van der Waals surface area contributed by atoms with Crippen LogP contribution in [-0.4, -0.2) is 3.21 Å². The number of hydrogen-bond donors (Lipinski definition) is 0. The molecule has 4 rings (SSSR count). The van der Waals surface area contributed by atoms with Crippen LogP contribution in [0, 0.1) is 0 Å². The van der Waals surface area contributed by atoms with Crippen molar-refractivity contribution in [1.82, 2.24) is 0 Å². The van der Waals surface area contributed by atoms with Gasteiger partial charge in [-0.05, 0) is 6.42 Å². The van der Waals surface area contributed by atoms with Crippen LogP contribution in [0.25, 0.3) is 21.5 Å². The SMILES string of the molecule is CCc1cc2ccccc2[cH-]1.C[C](C)=[Zr+2].[Cl-].[Cl-].c1ccc2[cH-]ccc2c1. The van der Waals surface area contributed by atoms with Crippen molar-refractivity contribution in [2.24, 2.45) is 0 Å². The van der Waals surface area contributed by atoms with E-state index < -0.39 is 0 Å². The first kappa shape index (κ1) is 25.0. The molecule has 0 aliphatic carbocycles. The first-order chi connectivity index (χ1) is 11.6. The second-order valence-corrected chi connectivity index (χ2v) is 8.46. The molecule has 136 valence electrons. The van der Waals surface area contributed by atoms with Crippen molar-refractivity contribution in [3.63, 3.8) is 0 Å². The molecule has 0 bridgehead atoms. The van der Waals surface area contributed by atoms with Gasteiger partial charge in [-0.2, -0.15) is 23.6 Å². The normalized spacial score (nSPS) is 9.12. The standard InChI is InChI=1S/C11H11.C9H7.C3H6.2ClH.Zr/c1-2-9-7-10-5-3-4-6-11(10)8-9;1-2-5-9-7-3-6-8(9)4-1;1-3-2;;;/h3-8H,2H2,1H3;1-7H;1-2H3;2*1H;/q2*-1;;;;+2/p-2. The molecule has 0 spiro atoms. The van der Waals surface area contributed by atoms with Crippen molar-refractivity contribution in [2.45, 2.75) is 27.2 Å². The minimum absolute atomic E-state index is 0. The fraction of sp³-hybridized carbons (Fsp3) is 0.174. The van der Waals surface area contributed by atoms with Crippen molar-refractivity contribution < 1.29 is 49.0 Å². The van der Waals surface area contributed by atoms with Gasteiger partial charge in [0.05, 0.1) is 0 Å². The minimum Gasteiger partial charge on any atom is -1.00 e. The number of halogens is 2. The molecule has 3 heteroatoms. The molecule has 0 aliphatic rings. The minimum atomic E-state index is 0. The molecule has 0 saturated heterocycles. The third kappa shape index (κ3) is 8.13. The van der Waals surface area contributed by atoms with E-state index in [0.29, 0.717) is 0 Å². The van der Waals surface area contributed by atoms with Crippen LogP contribution in [0.1, 0.15) is 26.3 Å². The van der Waals surface area contributed by atoms with Crippen molar-refractivity contribution in [3.05, 3.63) is 84.4 Å². The van der Waals surface area contributed by atoms with Gasteiger partial charge < -0.3 is 24.8 Å². The number of benzene rings is 2. The molecule has 0 fully saturated rings. The molecule has 0 nitrogen and oxygen atoms in total. The van der Waals surface area contributed by atoms with E-state index in [1.807, 2.05) is 0 Å². The number of aryl methyl sites for hydroxylation is 1. The van der Waals surface area contributed by atoms with Gasteiger partial charge in [0.15, 0.2) is 0 Å². The molecular weight excluding hydrogens is 438 g/mol. The third-order valence-corrected chi connectivity index (χ3v) is 3.63. The van der Waals surface area contributed by atoms with Crippen LogP contribution in [0.2, 0.25) is 0 Å². The Labute approximate surface area is 184 Å². The van der Waals surface area contributed by atoms with Gasteiger partial charge in [-0.15, -0.1) is 70.3 Å². The molecular formula is C23H24Cl2Zr-2. The van der Waals surface area contributed by atoms with Gasteiger partial charge in [-0.25, -0.2) is 0 Å². The van der Waals surface area contributed by atoms with E-state index >= 15 is 0 Å². The average Bonchev–Trinajstić information content (AvgIpc) is 3.21. The quantitative estimate of drug-likeness (QED) is 0.360. The summed E-state index contributed by atoms with van der Waals surface area (Å²) in [6, 6.07) is 27.7. The monoisotopic (exact) mass is 460 g/mol. The van der Waals surface area contributed by atoms with Gasteiger partial charge in [0.2, 0.25) is 0 Å². The number of hydrogen-bond acceptors (Lipinski definition) is 0. The van der Waals surface area contributed by atoms with Gasteiger partial charge in [-0.3, -0.25) is 0 Å². The predicted molar refractivity (Wildman–Crippen MR) is 105 cm³/mol. The average molecular weight is 463 g/mol. The fourth-order valence-corrected chi connectivity index (χ4v) is 2.49. The Morgan fingerprint density at radius 1 is 0.846 bits per heavy atom. The molecule has 0 atom stereocenters. The molecule has 4 aromatic rings. The van der Waals surface area contributed by atoms with Crippen LogP contribution in [0.15, 0.2) is 78.9 Å². The summed E-state index contributed by atoms with van der Waals surface area (Å²) in [4.78, 5) is 0. The van der Waals surface area contributed by atoms with Crippen molar-refractivity contribution in [1.29, 1.82) is 0 Å². The third-order valence-electron chi connectivity index (χ3n) is 3.63. The van der Waals surface area contributed by atoms with E-state index in [4.69, 9.17) is 0 Å².